The van der Waals surface area contributed by atoms with Crippen LogP contribution in [-0.4, -0.2) is 25.2 Å². The van der Waals surface area contributed by atoms with Crippen molar-refractivity contribution < 1.29 is 12.8 Å². The molecular weight excluding hydrogens is 256 g/mol. The van der Waals surface area contributed by atoms with Gasteiger partial charge in [0.1, 0.15) is 5.76 Å². The first-order chi connectivity index (χ1) is 8.62. The van der Waals surface area contributed by atoms with Crippen molar-refractivity contribution in [2.75, 3.05) is 11.3 Å². The quantitative estimate of drug-likeness (QED) is 0.724. The summed E-state index contributed by atoms with van der Waals surface area (Å²) in [4.78, 5) is 0. The summed E-state index contributed by atoms with van der Waals surface area (Å²) in [6, 6.07) is 3.06. The minimum atomic E-state index is -3.69. The van der Waals surface area contributed by atoms with Crippen molar-refractivity contribution in [3.8, 4) is 0 Å². The molecule has 0 spiro atoms. The van der Waals surface area contributed by atoms with Gasteiger partial charge in [0.05, 0.1) is 18.4 Å². The van der Waals surface area contributed by atoms with Gasteiger partial charge in [-0.3, -0.25) is 9.82 Å². The van der Waals surface area contributed by atoms with Gasteiger partial charge in [-0.1, -0.05) is 6.92 Å². The van der Waals surface area contributed by atoms with Gasteiger partial charge in [0.25, 0.3) is 10.0 Å². The van der Waals surface area contributed by atoms with Crippen LogP contribution in [0, 0.1) is 0 Å². The van der Waals surface area contributed by atoms with Crippen LogP contribution in [0.3, 0.4) is 0 Å². The zero-order valence-corrected chi connectivity index (χ0v) is 10.6. The maximum Gasteiger partial charge on any atom is 0.295 e. The van der Waals surface area contributed by atoms with Crippen LogP contribution < -0.4 is 10.0 Å². The van der Waals surface area contributed by atoms with E-state index in [4.69, 9.17) is 4.42 Å². The predicted molar refractivity (Wildman–Crippen MR) is 65.5 cm³/mol. The molecule has 2 rings (SSSR count). The van der Waals surface area contributed by atoms with Crippen LogP contribution in [0.5, 0.6) is 0 Å². The van der Waals surface area contributed by atoms with Gasteiger partial charge in [0.15, 0.2) is 0 Å². The van der Waals surface area contributed by atoms with Crippen LogP contribution in [0.2, 0.25) is 0 Å². The molecule has 0 saturated heterocycles. The molecule has 0 bridgehead atoms. The topological polar surface area (TPSA) is 100 Å². The number of aromatic amines is 1. The van der Waals surface area contributed by atoms with E-state index in [0.717, 1.165) is 6.54 Å². The third-order valence-electron chi connectivity index (χ3n) is 2.20. The zero-order chi connectivity index (χ0) is 13.0. The molecule has 2 heterocycles. The maximum absolute atomic E-state index is 11.9. The number of nitrogens with one attached hydrogen (secondary N) is 3. The number of nitrogens with zero attached hydrogens (tertiary/aromatic N) is 1. The van der Waals surface area contributed by atoms with Gasteiger partial charge in [0, 0.05) is 6.20 Å². The average Bonchev–Trinajstić information content (AvgIpc) is 2.96. The Hall–Kier alpha value is -1.80. The molecule has 0 aliphatic carbocycles. The highest BCUT2D eigenvalue weighted by atomic mass is 32.2. The summed E-state index contributed by atoms with van der Waals surface area (Å²) >= 11 is 0. The lowest BCUT2D eigenvalue weighted by molar-refractivity contribution is 0.405. The Kier molecular flexibility index (Phi) is 3.68. The van der Waals surface area contributed by atoms with E-state index >= 15 is 0 Å². The van der Waals surface area contributed by atoms with E-state index in [9.17, 15) is 8.42 Å². The molecule has 0 atom stereocenters. The van der Waals surface area contributed by atoms with Crippen LogP contribution >= 0.6 is 0 Å². The molecule has 2 aromatic rings. The number of sulfonamides is 1. The zero-order valence-electron chi connectivity index (χ0n) is 9.80. The Morgan fingerprint density at radius 3 is 2.94 bits per heavy atom. The van der Waals surface area contributed by atoms with E-state index < -0.39 is 10.0 Å². The SMILES string of the molecule is CCNCc1ccc(S(=O)(=O)Nc2cn[nH]c2)o1. The van der Waals surface area contributed by atoms with Gasteiger partial charge in [-0.2, -0.15) is 13.5 Å². The lowest BCUT2D eigenvalue weighted by Crippen LogP contribution is -2.12. The summed E-state index contributed by atoms with van der Waals surface area (Å²) in [6.45, 7) is 3.24. The van der Waals surface area contributed by atoms with Crippen molar-refractivity contribution in [3.05, 3.63) is 30.3 Å². The first-order valence-corrected chi connectivity index (χ1v) is 6.91. The van der Waals surface area contributed by atoms with Gasteiger partial charge >= 0.3 is 0 Å². The number of rotatable bonds is 6. The molecule has 7 nitrogen and oxygen atoms in total. The fourth-order valence-corrected chi connectivity index (χ4v) is 2.34. The normalized spacial score (nSPS) is 11.6. The number of aromatic nitrogens is 2. The van der Waals surface area contributed by atoms with Crippen LogP contribution in [0.4, 0.5) is 5.69 Å². The van der Waals surface area contributed by atoms with Gasteiger partial charge in [-0.15, -0.1) is 0 Å². The van der Waals surface area contributed by atoms with Crippen molar-refractivity contribution in [2.24, 2.45) is 0 Å². The molecule has 98 valence electrons. The van der Waals surface area contributed by atoms with Crippen LogP contribution in [0.25, 0.3) is 0 Å². The fraction of sp³-hybridized carbons (Fsp3) is 0.300. The first-order valence-electron chi connectivity index (χ1n) is 5.43. The van der Waals surface area contributed by atoms with E-state index in [2.05, 4.69) is 20.2 Å². The van der Waals surface area contributed by atoms with Crippen LogP contribution in [0.1, 0.15) is 12.7 Å². The number of furan rings is 1. The molecule has 0 radical (unpaired) electrons. The monoisotopic (exact) mass is 270 g/mol. The van der Waals surface area contributed by atoms with Crippen LogP contribution in [-0.2, 0) is 16.6 Å². The van der Waals surface area contributed by atoms with Gasteiger partial charge in [-0.05, 0) is 18.7 Å². The van der Waals surface area contributed by atoms with E-state index in [1.165, 1.54) is 18.5 Å². The molecule has 18 heavy (non-hydrogen) atoms. The highest BCUT2D eigenvalue weighted by Gasteiger charge is 2.19. The van der Waals surface area contributed by atoms with E-state index in [-0.39, 0.29) is 5.09 Å². The molecular formula is C10H14N4O3S. The average molecular weight is 270 g/mol. The van der Waals surface area contributed by atoms with E-state index in [1.54, 1.807) is 6.07 Å². The summed E-state index contributed by atoms with van der Waals surface area (Å²) < 4.78 is 31.4. The summed E-state index contributed by atoms with van der Waals surface area (Å²) in [5, 5.41) is 9.11. The number of hydrogen-bond donors (Lipinski definition) is 3. The van der Waals surface area contributed by atoms with Crippen molar-refractivity contribution >= 4 is 15.7 Å². The smallest absolute Gasteiger partial charge is 0.295 e. The molecule has 0 aliphatic heterocycles. The van der Waals surface area contributed by atoms with Crippen molar-refractivity contribution in [1.29, 1.82) is 0 Å². The highest BCUT2D eigenvalue weighted by molar-refractivity contribution is 7.92. The Morgan fingerprint density at radius 2 is 2.28 bits per heavy atom. The molecule has 0 aliphatic rings. The first kappa shape index (κ1) is 12.7. The predicted octanol–water partition coefficient (Wildman–Crippen LogP) is 0.913. The molecule has 2 aromatic heterocycles. The maximum atomic E-state index is 11.9. The minimum absolute atomic E-state index is 0.114. The largest absolute Gasteiger partial charge is 0.446 e. The Balaban J connectivity index is 2.12. The standard InChI is InChI=1S/C10H14N4O3S/c1-2-11-7-9-3-4-10(17-9)18(15,16)14-8-5-12-13-6-8/h3-6,11,14H,2,7H2,1H3,(H,12,13). The number of anilines is 1. The highest BCUT2D eigenvalue weighted by Crippen LogP contribution is 2.17. The molecule has 3 N–H and O–H groups in total. The van der Waals surface area contributed by atoms with Gasteiger partial charge < -0.3 is 9.73 Å². The van der Waals surface area contributed by atoms with E-state index in [0.29, 0.717) is 18.0 Å². The molecule has 0 saturated carbocycles. The lowest BCUT2D eigenvalue weighted by Gasteiger charge is -2.02. The molecule has 0 fully saturated rings. The second-order valence-corrected chi connectivity index (χ2v) is 5.21. The summed E-state index contributed by atoms with van der Waals surface area (Å²) in [7, 11) is -3.69. The van der Waals surface area contributed by atoms with Crippen molar-refractivity contribution in [2.45, 2.75) is 18.6 Å². The molecule has 0 amide bonds. The lowest BCUT2D eigenvalue weighted by atomic mass is 10.4. The number of hydrogen-bond acceptors (Lipinski definition) is 5. The van der Waals surface area contributed by atoms with Crippen molar-refractivity contribution in [1.82, 2.24) is 15.5 Å². The van der Waals surface area contributed by atoms with E-state index in [1.807, 2.05) is 6.92 Å². The fourth-order valence-electron chi connectivity index (χ4n) is 1.36. The molecule has 0 aromatic carbocycles. The van der Waals surface area contributed by atoms with Crippen LogP contribution in [0.15, 0.2) is 34.0 Å². The van der Waals surface area contributed by atoms with Gasteiger partial charge in [-0.25, -0.2) is 0 Å². The Labute approximate surface area is 105 Å². The third kappa shape index (κ3) is 2.90. The minimum Gasteiger partial charge on any atom is -0.446 e. The Morgan fingerprint density at radius 1 is 1.44 bits per heavy atom. The second-order valence-electron chi connectivity index (χ2n) is 3.59. The molecule has 0 unspecified atom stereocenters. The summed E-state index contributed by atoms with van der Waals surface area (Å²) in [6.07, 6.45) is 2.82. The summed E-state index contributed by atoms with van der Waals surface area (Å²) in [5.74, 6) is 0.574. The second kappa shape index (κ2) is 5.23. The summed E-state index contributed by atoms with van der Waals surface area (Å²) in [5.41, 5.74) is 0.361. The number of H-pyrrole nitrogens is 1. The van der Waals surface area contributed by atoms with Crippen molar-refractivity contribution in [3.63, 3.8) is 0 Å². The third-order valence-corrected chi connectivity index (χ3v) is 3.46. The molecule has 8 heteroatoms. The Bertz CT molecular complexity index is 588. The van der Waals surface area contributed by atoms with Gasteiger partial charge in [0.2, 0.25) is 5.09 Å².